The summed E-state index contributed by atoms with van der Waals surface area (Å²) in [4.78, 5) is 4.72. The molecule has 3 nitrogen and oxygen atoms in total. The van der Waals surface area contributed by atoms with Crippen LogP contribution in [0.25, 0.3) is 32.1 Å². The molecule has 0 unspecified atom stereocenters. The zero-order valence-corrected chi connectivity index (χ0v) is 13.5. The molecule has 0 N–H and O–H groups in total. The molecule has 23 heavy (non-hydrogen) atoms. The molecule has 0 aliphatic carbocycles. The second-order valence-corrected chi connectivity index (χ2v) is 6.17. The van der Waals surface area contributed by atoms with Crippen LogP contribution in [0, 0.1) is 0 Å². The monoisotopic (exact) mass is 321 g/mol. The van der Waals surface area contributed by atoms with Crippen LogP contribution >= 0.6 is 11.3 Å². The van der Waals surface area contributed by atoms with E-state index in [0.29, 0.717) is 6.61 Å². The first kappa shape index (κ1) is 14.0. The lowest BCUT2D eigenvalue weighted by Gasteiger charge is -2.00. The zero-order valence-electron chi connectivity index (χ0n) is 12.7. The molecule has 0 aliphatic rings. The molecular formula is C19H15NO2S. The van der Waals surface area contributed by atoms with Crippen molar-refractivity contribution in [2.45, 2.75) is 6.92 Å². The fourth-order valence-corrected chi connectivity index (χ4v) is 3.50. The third-order valence-corrected chi connectivity index (χ3v) is 4.68. The molecule has 0 spiro atoms. The summed E-state index contributed by atoms with van der Waals surface area (Å²) in [7, 11) is 0. The van der Waals surface area contributed by atoms with E-state index in [2.05, 4.69) is 30.3 Å². The predicted octanol–water partition coefficient (Wildman–Crippen LogP) is 5.62. The Labute approximate surface area is 138 Å². The van der Waals surface area contributed by atoms with E-state index in [0.717, 1.165) is 37.9 Å². The third kappa shape index (κ3) is 2.73. The minimum Gasteiger partial charge on any atom is -0.494 e. The molecule has 2 aromatic carbocycles. The van der Waals surface area contributed by atoms with Gasteiger partial charge in [-0.15, -0.1) is 11.3 Å². The lowest BCUT2D eigenvalue weighted by Crippen LogP contribution is -1.89. The van der Waals surface area contributed by atoms with Crippen molar-refractivity contribution in [3.8, 4) is 27.6 Å². The molecule has 4 rings (SSSR count). The lowest BCUT2D eigenvalue weighted by molar-refractivity contribution is 0.341. The molecule has 0 bridgehead atoms. The van der Waals surface area contributed by atoms with E-state index in [-0.39, 0.29) is 0 Å². The van der Waals surface area contributed by atoms with Crippen molar-refractivity contribution < 1.29 is 9.15 Å². The smallest absolute Gasteiger partial charge is 0.133 e. The van der Waals surface area contributed by atoms with E-state index >= 15 is 0 Å². The van der Waals surface area contributed by atoms with E-state index in [4.69, 9.17) is 14.1 Å². The number of nitrogens with zero attached hydrogens (tertiary/aromatic N) is 1. The van der Waals surface area contributed by atoms with Gasteiger partial charge in [-0.3, -0.25) is 0 Å². The highest BCUT2D eigenvalue weighted by molar-refractivity contribution is 7.21. The number of furan rings is 1. The van der Waals surface area contributed by atoms with Crippen LogP contribution in [0.2, 0.25) is 0 Å². The van der Waals surface area contributed by atoms with Gasteiger partial charge >= 0.3 is 0 Å². The number of rotatable bonds is 4. The van der Waals surface area contributed by atoms with E-state index < -0.39 is 0 Å². The van der Waals surface area contributed by atoms with Gasteiger partial charge in [-0.05, 0) is 37.3 Å². The Balaban J connectivity index is 1.68. The SMILES string of the molecule is CCOc1ccc2nc(-c3ccc(-c4ccco4)cc3)sc2c1. The average molecular weight is 321 g/mol. The van der Waals surface area contributed by atoms with Crippen LogP contribution in [0.15, 0.2) is 65.3 Å². The maximum Gasteiger partial charge on any atom is 0.133 e. The summed E-state index contributed by atoms with van der Waals surface area (Å²) >= 11 is 1.68. The van der Waals surface area contributed by atoms with Gasteiger partial charge in [-0.2, -0.15) is 0 Å². The minimum absolute atomic E-state index is 0.672. The first-order valence-corrected chi connectivity index (χ1v) is 8.33. The Kier molecular flexibility index (Phi) is 3.60. The first-order valence-electron chi connectivity index (χ1n) is 7.51. The van der Waals surface area contributed by atoms with Crippen molar-refractivity contribution in [1.82, 2.24) is 4.98 Å². The van der Waals surface area contributed by atoms with Crippen LogP contribution < -0.4 is 4.74 Å². The normalized spacial score (nSPS) is 11.0. The second-order valence-electron chi connectivity index (χ2n) is 5.14. The highest BCUT2D eigenvalue weighted by Crippen LogP contribution is 2.33. The Morgan fingerprint density at radius 3 is 2.61 bits per heavy atom. The van der Waals surface area contributed by atoms with Crippen molar-refractivity contribution >= 4 is 21.6 Å². The van der Waals surface area contributed by atoms with Crippen molar-refractivity contribution in [2.24, 2.45) is 0 Å². The van der Waals surface area contributed by atoms with Gasteiger partial charge in [0.1, 0.15) is 16.5 Å². The van der Waals surface area contributed by atoms with E-state index in [9.17, 15) is 0 Å². The maximum atomic E-state index is 5.55. The third-order valence-electron chi connectivity index (χ3n) is 3.61. The molecule has 0 fully saturated rings. The second kappa shape index (κ2) is 5.89. The highest BCUT2D eigenvalue weighted by Gasteiger charge is 2.08. The van der Waals surface area contributed by atoms with Crippen LogP contribution in [-0.4, -0.2) is 11.6 Å². The molecule has 0 radical (unpaired) electrons. The van der Waals surface area contributed by atoms with Gasteiger partial charge in [0.25, 0.3) is 0 Å². The Morgan fingerprint density at radius 2 is 1.87 bits per heavy atom. The van der Waals surface area contributed by atoms with Gasteiger partial charge in [0.15, 0.2) is 0 Å². The Hall–Kier alpha value is -2.59. The van der Waals surface area contributed by atoms with Crippen LogP contribution in [0.5, 0.6) is 5.75 Å². The number of hydrogen-bond acceptors (Lipinski definition) is 4. The molecule has 4 aromatic rings. The number of aromatic nitrogens is 1. The summed E-state index contributed by atoms with van der Waals surface area (Å²) in [6.45, 7) is 2.66. The van der Waals surface area contributed by atoms with Gasteiger partial charge in [0.2, 0.25) is 0 Å². The molecule has 0 saturated heterocycles. The van der Waals surface area contributed by atoms with Crippen LogP contribution in [0.1, 0.15) is 6.92 Å². The van der Waals surface area contributed by atoms with Gasteiger partial charge < -0.3 is 9.15 Å². The number of benzene rings is 2. The summed E-state index contributed by atoms with van der Waals surface area (Å²) in [5.41, 5.74) is 3.18. The first-order chi connectivity index (χ1) is 11.3. The number of ether oxygens (including phenoxy) is 1. The summed E-state index contributed by atoms with van der Waals surface area (Å²) in [5, 5.41) is 1.01. The van der Waals surface area contributed by atoms with Gasteiger partial charge in [-0.1, -0.05) is 24.3 Å². The molecule has 0 amide bonds. The summed E-state index contributed by atoms with van der Waals surface area (Å²) in [5.74, 6) is 1.77. The fourth-order valence-electron chi connectivity index (χ4n) is 2.50. The maximum absolute atomic E-state index is 5.55. The molecule has 0 saturated carbocycles. The van der Waals surface area contributed by atoms with Crippen LogP contribution in [0.3, 0.4) is 0 Å². The van der Waals surface area contributed by atoms with Crippen molar-refractivity contribution in [3.63, 3.8) is 0 Å². The number of hydrogen-bond donors (Lipinski definition) is 0. The van der Waals surface area contributed by atoms with E-state index in [1.54, 1.807) is 17.6 Å². The van der Waals surface area contributed by atoms with Crippen LogP contribution in [-0.2, 0) is 0 Å². The molecule has 114 valence electrons. The standard InChI is InChI=1S/C19H15NO2S/c1-2-21-15-9-10-16-18(12-15)23-19(20-16)14-7-5-13(6-8-14)17-4-3-11-22-17/h3-12H,2H2,1H3. The zero-order chi connectivity index (χ0) is 15.6. The lowest BCUT2D eigenvalue weighted by atomic mass is 10.1. The average Bonchev–Trinajstić information content (AvgIpc) is 3.24. The Bertz CT molecular complexity index is 924. The van der Waals surface area contributed by atoms with E-state index in [1.807, 2.05) is 31.2 Å². The van der Waals surface area contributed by atoms with Gasteiger partial charge in [0, 0.05) is 11.1 Å². The van der Waals surface area contributed by atoms with Gasteiger partial charge in [-0.25, -0.2) is 4.98 Å². The molecular weight excluding hydrogens is 306 g/mol. The highest BCUT2D eigenvalue weighted by atomic mass is 32.1. The predicted molar refractivity (Wildman–Crippen MR) is 93.9 cm³/mol. The molecule has 0 atom stereocenters. The summed E-state index contributed by atoms with van der Waals surface area (Å²) in [6.07, 6.45) is 1.69. The van der Waals surface area contributed by atoms with Crippen molar-refractivity contribution in [3.05, 3.63) is 60.9 Å². The molecule has 0 aliphatic heterocycles. The topological polar surface area (TPSA) is 35.3 Å². The fraction of sp³-hybridized carbons (Fsp3) is 0.105. The van der Waals surface area contributed by atoms with Gasteiger partial charge in [0.05, 0.1) is 23.1 Å². The summed E-state index contributed by atoms with van der Waals surface area (Å²) in [6, 6.07) is 18.2. The van der Waals surface area contributed by atoms with Crippen molar-refractivity contribution in [1.29, 1.82) is 0 Å². The Morgan fingerprint density at radius 1 is 1.04 bits per heavy atom. The largest absolute Gasteiger partial charge is 0.494 e. The summed E-state index contributed by atoms with van der Waals surface area (Å²) < 4.78 is 12.1. The van der Waals surface area contributed by atoms with Crippen LogP contribution in [0.4, 0.5) is 0 Å². The number of fused-ring (bicyclic) bond motifs is 1. The minimum atomic E-state index is 0.672. The molecule has 4 heteroatoms. The van der Waals surface area contributed by atoms with E-state index in [1.165, 1.54) is 0 Å². The van der Waals surface area contributed by atoms with Crippen molar-refractivity contribution in [2.75, 3.05) is 6.61 Å². The number of thiazole rings is 1. The quantitative estimate of drug-likeness (QED) is 0.489. The molecule has 2 heterocycles. The molecule has 2 aromatic heterocycles.